The molecule has 6 aromatic carbocycles. The smallest absolute Gasteiger partial charge is 0.356 e. The van der Waals surface area contributed by atoms with Gasteiger partial charge >= 0.3 is 16.1 Å². The molecule has 0 spiro atoms. The molecule has 1 saturated heterocycles. The number of thiazole rings is 1. The third-order valence-corrected chi connectivity index (χ3v) is 15.3. The number of hydrogen-bond donors (Lipinski definition) is 2. The maximum Gasteiger partial charge on any atom is 0.356 e. The molecule has 2 amide bonds. The van der Waals surface area contributed by atoms with E-state index in [0.29, 0.717) is 22.0 Å². The number of nitrogens with zero attached hydrogens (tertiary/aromatic N) is 2. The molecule has 2 aliphatic heterocycles. The Labute approximate surface area is 400 Å². The van der Waals surface area contributed by atoms with Crippen LogP contribution >= 0.6 is 11.3 Å². The van der Waals surface area contributed by atoms with Gasteiger partial charge in [0, 0.05) is 5.38 Å². The standard InChI is InChI=1S/C53H44N4O8S3/c1-36-27-29-44(30-28-36)68(62,63)64-32-31-39-35-67(61)50-46(49(59)57(50)47(39)51(60)65-48(37-17-7-2-8-18-37)38-19-9-3-10-20-38)55-45(58)33-43-34-66-52(54-43)56-53(40-21-11-4-12-22-40,41-23-13-5-14-24-41)42-25-15-6-16-26-42/h2-32,34,46,48,50H,33,35H2,1H3,(H,54,56)(H,55,58). The van der Waals surface area contributed by atoms with Crippen molar-refractivity contribution in [3.05, 3.63) is 244 Å². The minimum Gasteiger partial charge on any atom is -0.448 e. The molecular formula is C53H44N4O8S3. The summed E-state index contributed by atoms with van der Waals surface area (Å²) < 4.78 is 51.6. The van der Waals surface area contributed by atoms with Gasteiger partial charge in [0.05, 0.1) is 28.7 Å². The number of aromatic nitrogens is 1. The van der Waals surface area contributed by atoms with Crippen molar-refractivity contribution >= 4 is 55.2 Å². The Bertz CT molecular complexity index is 3000. The van der Waals surface area contributed by atoms with Crippen LogP contribution in [0, 0.1) is 6.92 Å². The van der Waals surface area contributed by atoms with Crippen molar-refractivity contribution in [2.24, 2.45) is 0 Å². The lowest BCUT2D eigenvalue weighted by molar-refractivity contribution is -0.154. The normalized spacial score (nSPS) is 17.1. The average molecular weight is 961 g/mol. The van der Waals surface area contributed by atoms with Crippen LogP contribution in [0.4, 0.5) is 5.13 Å². The van der Waals surface area contributed by atoms with E-state index in [9.17, 15) is 27.0 Å². The molecule has 0 bridgehead atoms. The van der Waals surface area contributed by atoms with Gasteiger partial charge in [-0.1, -0.05) is 169 Å². The van der Waals surface area contributed by atoms with Crippen molar-refractivity contribution in [3.8, 4) is 0 Å². The van der Waals surface area contributed by atoms with Crippen LogP contribution in [0.15, 0.2) is 210 Å². The van der Waals surface area contributed by atoms with Gasteiger partial charge in [0.15, 0.2) is 11.2 Å². The summed E-state index contributed by atoms with van der Waals surface area (Å²) in [7, 11) is -6.15. The lowest BCUT2D eigenvalue weighted by Gasteiger charge is -2.49. The maximum absolute atomic E-state index is 14.5. The topological polar surface area (TPSA) is 161 Å². The van der Waals surface area contributed by atoms with E-state index in [2.05, 4.69) is 47.0 Å². The molecule has 342 valence electrons. The number of ether oxygens (including phenoxy) is 1. The Hall–Kier alpha value is -7.46. The second kappa shape index (κ2) is 19.8. The Morgan fingerprint density at radius 1 is 0.794 bits per heavy atom. The third-order valence-electron chi connectivity index (χ3n) is 11.7. The molecule has 3 unspecified atom stereocenters. The highest BCUT2D eigenvalue weighted by Gasteiger charge is 2.57. The van der Waals surface area contributed by atoms with Crippen LogP contribution < -0.4 is 10.6 Å². The zero-order valence-electron chi connectivity index (χ0n) is 36.5. The fraction of sp³-hybridized carbons (Fsp3) is 0.132. The first kappa shape index (κ1) is 45.7. The van der Waals surface area contributed by atoms with E-state index in [1.807, 2.05) is 73.7 Å². The van der Waals surface area contributed by atoms with E-state index in [-0.39, 0.29) is 28.3 Å². The fourth-order valence-electron chi connectivity index (χ4n) is 8.39. The number of aryl methyl sites for hydroxylation is 1. The van der Waals surface area contributed by atoms with Crippen molar-refractivity contribution in [2.45, 2.75) is 41.3 Å². The van der Waals surface area contributed by atoms with Crippen molar-refractivity contribution in [1.29, 1.82) is 0 Å². The predicted octanol–water partition coefficient (Wildman–Crippen LogP) is 8.32. The molecule has 9 rings (SSSR count). The average Bonchev–Trinajstić information content (AvgIpc) is 3.81. The fourth-order valence-corrected chi connectivity index (χ4v) is 11.6. The number of anilines is 1. The first-order valence-electron chi connectivity index (χ1n) is 21.6. The minimum absolute atomic E-state index is 0.0433. The van der Waals surface area contributed by atoms with Gasteiger partial charge < -0.3 is 19.6 Å². The Morgan fingerprint density at radius 3 is 1.84 bits per heavy atom. The molecular weight excluding hydrogens is 917 g/mol. The number of nitrogens with one attached hydrogen (secondary N) is 2. The van der Waals surface area contributed by atoms with Gasteiger partial charge in [-0.15, -0.1) is 11.3 Å². The summed E-state index contributed by atoms with van der Waals surface area (Å²) in [4.78, 5) is 48.3. The number of hydrogen-bond acceptors (Lipinski definition) is 11. The van der Waals surface area contributed by atoms with Crippen LogP contribution in [0.5, 0.6) is 0 Å². The van der Waals surface area contributed by atoms with Gasteiger partial charge in [0.25, 0.3) is 5.91 Å². The zero-order chi connectivity index (χ0) is 47.3. The van der Waals surface area contributed by atoms with Crippen molar-refractivity contribution in [3.63, 3.8) is 0 Å². The summed E-state index contributed by atoms with van der Waals surface area (Å²) in [6.45, 7) is 1.82. The molecule has 15 heteroatoms. The van der Waals surface area contributed by atoms with E-state index >= 15 is 0 Å². The van der Waals surface area contributed by atoms with Gasteiger partial charge in [0.2, 0.25) is 5.91 Å². The number of allylic oxidation sites excluding steroid dienone is 1. The van der Waals surface area contributed by atoms with Gasteiger partial charge in [-0.25, -0.2) is 9.78 Å². The molecule has 1 fully saturated rings. The molecule has 3 heterocycles. The van der Waals surface area contributed by atoms with Crippen LogP contribution in [0.25, 0.3) is 0 Å². The van der Waals surface area contributed by atoms with Crippen LogP contribution in [-0.2, 0) is 56.2 Å². The molecule has 0 saturated carbocycles. The molecule has 68 heavy (non-hydrogen) atoms. The third kappa shape index (κ3) is 9.41. The summed E-state index contributed by atoms with van der Waals surface area (Å²) in [6, 6.07) is 53.0. The predicted molar refractivity (Wildman–Crippen MR) is 261 cm³/mol. The monoisotopic (exact) mass is 960 g/mol. The van der Waals surface area contributed by atoms with E-state index in [1.54, 1.807) is 66.0 Å². The number of benzene rings is 6. The molecule has 3 atom stereocenters. The number of carbonyl (C=O) groups is 3. The summed E-state index contributed by atoms with van der Waals surface area (Å²) in [5, 5.41) is 7.66. The van der Waals surface area contributed by atoms with E-state index in [4.69, 9.17) is 13.9 Å². The number of rotatable bonds is 16. The van der Waals surface area contributed by atoms with Crippen molar-refractivity contribution in [1.82, 2.24) is 15.2 Å². The van der Waals surface area contributed by atoms with Crippen molar-refractivity contribution < 1.29 is 35.9 Å². The second-order valence-electron chi connectivity index (χ2n) is 16.1. The zero-order valence-corrected chi connectivity index (χ0v) is 39.0. The summed E-state index contributed by atoms with van der Waals surface area (Å²) >= 11 is 1.33. The van der Waals surface area contributed by atoms with Gasteiger partial charge in [-0.3, -0.25) is 18.7 Å². The molecule has 0 aliphatic carbocycles. The highest BCUT2D eigenvalue weighted by molar-refractivity contribution is 7.87. The highest BCUT2D eigenvalue weighted by Crippen LogP contribution is 2.41. The highest BCUT2D eigenvalue weighted by atomic mass is 32.2. The molecule has 2 aliphatic rings. The number of β-lactam (4-membered cyclic amide) rings is 1. The summed E-state index contributed by atoms with van der Waals surface area (Å²) in [6.07, 6.45) is 0.975. The molecule has 1 aromatic heterocycles. The molecule has 0 radical (unpaired) electrons. The van der Waals surface area contributed by atoms with Crippen molar-refractivity contribution in [2.75, 3.05) is 11.1 Å². The van der Waals surface area contributed by atoms with E-state index < -0.39 is 61.8 Å². The van der Waals surface area contributed by atoms with Gasteiger partial charge in [-0.05, 0) is 58.5 Å². The minimum atomic E-state index is -4.27. The van der Waals surface area contributed by atoms with Gasteiger partial charge in [0.1, 0.15) is 33.8 Å². The summed E-state index contributed by atoms with van der Waals surface area (Å²) in [5.41, 5.74) is 4.48. The molecule has 2 N–H and O–H groups in total. The quantitative estimate of drug-likeness (QED) is 0.0317. The SMILES string of the molecule is Cc1ccc(S(=O)(=O)OC=CC2=C(C(=O)OC(c3ccccc3)c3ccccc3)N3C(=O)C(NC(=O)Cc4csc(NC(c5ccccc5)(c5ccccc5)c5ccccc5)n4)C3S(=O)C2)cc1. The largest absolute Gasteiger partial charge is 0.448 e. The number of amides is 2. The van der Waals surface area contributed by atoms with E-state index in [1.165, 1.54) is 29.5 Å². The first-order valence-corrected chi connectivity index (χ1v) is 25.3. The Morgan fingerprint density at radius 2 is 1.31 bits per heavy atom. The maximum atomic E-state index is 14.5. The number of fused-ring (bicyclic) bond motifs is 1. The van der Waals surface area contributed by atoms with Crippen LogP contribution in [0.3, 0.4) is 0 Å². The Kier molecular flexibility index (Phi) is 13.3. The second-order valence-corrected chi connectivity index (χ2v) is 20.1. The first-order chi connectivity index (χ1) is 33.0. The van der Waals surface area contributed by atoms with Crippen LogP contribution in [0.1, 0.15) is 45.2 Å². The van der Waals surface area contributed by atoms with E-state index in [0.717, 1.165) is 33.4 Å². The Balaban J connectivity index is 0.969. The molecule has 12 nitrogen and oxygen atoms in total. The summed E-state index contributed by atoms with van der Waals surface area (Å²) in [5.74, 6) is -2.45. The lowest BCUT2D eigenvalue weighted by atomic mass is 9.77. The molecule has 7 aromatic rings. The van der Waals surface area contributed by atoms with Crippen LogP contribution in [-0.4, -0.2) is 57.5 Å². The lowest BCUT2D eigenvalue weighted by Crippen LogP contribution is -2.73. The van der Waals surface area contributed by atoms with Gasteiger partial charge in [-0.2, -0.15) is 8.42 Å². The number of esters is 1. The number of carbonyl (C=O) groups excluding carboxylic acids is 3. The van der Waals surface area contributed by atoms with Crippen LogP contribution in [0.2, 0.25) is 0 Å².